The molecule has 0 aliphatic heterocycles. The number of rotatable bonds is 11. The van der Waals surface area contributed by atoms with Gasteiger partial charge in [0.1, 0.15) is 11.6 Å². The SMILES string of the molecule is CCN(CC)CCn1cc(Nc2ncc(C=N)c(NCc3ccccc3F)n2)cn1. The van der Waals surface area contributed by atoms with Crippen molar-refractivity contribution >= 4 is 23.7 Å². The topological polar surface area (TPSA) is 94.8 Å². The molecule has 0 spiro atoms. The Kier molecular flexibility index (Phi) is 7.45. The van der Waals surface area contributed by atoms with Crippen LogP contribution in [0.4, 0.5) is 21.8 Å². The van der Waals surface area contributed by atoms with Crippen LogP contribution in [0.25, 0.3) is 0 Å². The van der Waals surface area contributed by atoms with E-state index in [0.29, 0.717) is 22.9 Å². The Morgan fingerprint density at radius 3 is 2.73 bits per heavy atom. The maximum absolute atomic E-state index is 13.9. The molecule has 1 aromatic carbocycles. The second-order valence-corrected chi connectivity index (χ2v) is 6.73. The van der Waals surface area contributed by atoms with Gasteiger partial charge in [-0.25, -0.2) is 9.37 Å². The van der Waals surface area contributed by atoms with Crippen molar-refractivity contribution in [3.05, 3.63) is 59.8 Å². The van der Waals surface area contributed by atoms with E-state index in [1.165, 1.54) is 12.3 Å². The van der Waals surface area contributed by atoms with Crippen LogP contribution in [-0.2, 0) is 13.1 Å². The first-order valence-electron chi connectivity index (χ1n) is 9.99. The first-order chi connectivity index (χ1) is 14.6. The van der Waals surface area contributed by atoms with E-state index >= 15 is 0 Å². The van der Waals surface area contributed by atoms with Crippen LogP contribution in [-0.4, -0.2) is 50.5 Å². The molecule has 2 aromatic heterocycles. The molecule has 0 bridgehead atoms. The molecule has 0 unspecified atom stereocenters. The first-order valence-corrected chi connectivity index (χ1v) is 9.99. The Morgan fingerprint density at radius 2 is 2.00 bits per heavy atom. The number of halogens is 1. The standard InChI is InChI=1S/C21H27FN8/c1-3-29(4-2)9-10-30-15-18(14-26-30)27-21-25-13-17(11-23)20(28-21)24-12-16-7-5-6-8-19(16)22/h5-8,11,13-15,23H,3-4,9-10,12H2,1-2H3,(H2,24,25,27,28). The van der Waals surface area contributed by atoms with E-state index in [4.69, 9.17) is 5.41 Å². The largest absolute Gasteiger partial charge is 0.365 e. The van der Waals surface area contributed by atoms with Gasteiger partial charge in [0.25, 0.3) is 0 Å². The summed E-state index contributed by atoms with van der Waals surface area (Å²) in [4.78, 5) is 11.0. The van der Waals surface area contributed by atoms with Gasteiger partial charge >= 0.3 is 0 Å². The predicted octanol–water partition coefficient (Wildman–Crippen LogP) is 3.51. The fourth-order valence-electron chi connectivity index (χ4n) is 2.98. The van der Waals surface area contributed by atoms with Crippen LogP contribution in [0.5, 0.6) is 0 Å². The molecule has 0 aliphatic carbocycles. The molecular weight excluding hydrogens is 383 g/mol. The maximum atomic E-state index is 13.9. The maximum Gasteiger partial charge on any atom is 0.229 e. The van der Waals surface area contributed by atoms with E-state index in [1.54, 1.807) is 30.6 Å². The summed E-state index contributed by atoms with van der Waals surface area (Å²) in [5.41, 5.74) is 1.82. The normalized spacial score (nSPS) is 10.9. The van der Waals surface area contributed by atoms with Gasteiger partial charge in [-0.1, -0.05) is 32.0 Å². The number of nitrogens with one attached hydrogen (secondary N) is 3. The van der Waals surface area contributed by atoms with E-state index in [0.717, 1.165) is 31.9 Å². The van der Waals surface area contributed by atoms with Gasteiger partial charge in [0.05, 0.1) is 24.0 Å². The number of nitrogens with zero attached hydrogens (tertiary/aromatic N) is 5. The molecule has 0 saturated carbocycles. The zero-order valence-corrected chi connectivity index (χ0v) is 17.3. The van der Waals surface area contributed by atoms with E-state index in [9.17, 15) is 4.39 Å². The Morgan fingerprint density at radius 1 is 1.20 bits per heavy atom. The zero-order chi connectivity index (χ0) is 21.3. The van der Waals surface area contributed by atoms with Crippen molar-refractivity contribution in [1.29, 1.82) is 5.41 Å². The molecule has 0 fully saturated rings. The van der Waals surface area contributed by atoms with Crippen LogP contribution in [0.1, 0.15) is 25.0 Å². The van der Waals surface area contributed by atoms with Crippen LogP contribution >= 0.6 is 0 Å². The minimum absolute atomic E-state index is 0.257. The third kappa shape index (κ3) is 5.60. The summed E-state index contributed by atoms with van der Waals surface area (Å²) >= 11 is 0. The molecule has 3 N–H and O–H groups in total. The van der Waals surface area contributed by atoms with Crippen LogP contribution in [0, 0.1) is 11.2 Å². The summed E-state index contributed by atoms with van der Waals surface area (Å²) < 4.78 is 15.7. The highest BCUT2D eigenvalue weighted by molar-refractivity contribution is 5.84. The molecule has 8 nitrogen and oxygen atoms in total. The van der Waals surface area contributed by atoms with Gasteiger partial charge in [-0.3, -0.25) is 4.68 Å². The highest BCUT2D eigenvalue weighted by atomic mass is 19.1. The van der Waals surface area contributed by atoms with Crippen molar-refractivity contribution in [2.45, 2.75) is 26.9 Å². The van der Waals surface area contributed by atoms with E-state index in [2.05, 4.69) is 44.4 Å². The molecule has 0 saturated heterocycles. The van der Waals surface area contributed by atoms with E-state index < -0.39 is 0 Å². The van der Waals surface area contributed by atoms with Gasteiger partial charge < -0.3 is 20.9 Å². The molecule has 0 atom stereocenters. The number of benzene rings is 1. The molecule has 9 heteroatoms. The molecular formula is C21H27FN8. The molecule has 158 valence electrons. The molecule has 3 rings (SSSR count). The van der Waals surface area contributed by atoms with Gasteiger partial charge in [0.15, 0.2) is 0 Å². The Balaban J connectivity index is 1.66. The smallest absolute Gasteiger partial charge is 0.229 e. The lowest BCUT2D eigenvalue weighted by Gasteiger charge is -2.17. The average molecular weight is 411 g/mol. The summed E-state index contributed by atoms with van der Waals surface area (Å²) in [6.07, 6.45) is 6.35. The van der Waals surface area contributed by atoms with Crippen LogP contribution in [0.15, 0.2) is 42.9 Å². The average Bonchev–Trinajstić information content (AvgIpc) is 3.21. The Labute approximate surface area is 175 Å². The van der Waals surface area contributed by atoms with Crippen molar-refractivity contribution in [3.8, 4) is 0 Å². The number of hydrogen-bond acceptors (Lipinski definition) is 7. The number of hydrogen-bond donors (Lipinski definition) is 3. The lowest BCUT2D eigenvalue weighted by atomic mass is 10.2. The van der Waals surface area contributed by atoms with Gasteiger partial charge in [0, 0.05) is 37.3 Å². The quantitative estimate of drug-likeness (QED) is 0.419. The van der Waals surface area contributed by atoms with Gasteiger partial charge in [-0.15, -0.1) is 0 Å². The number of likely N-dealkylation sites (N-methyl/N-ethyl adjacent to an activating group) is 1. The minimum Gasteiger partial charge on any atom is -0.365 e. The second-order valence-electron chi connectivity index (χ2n) is 6.73. The van der Waals surface area contributed by atoms with Crippen LogP contribution < -0.4 is 10.6 Å². The summed E-state index contributed by atoms with van der Waals surface area (Å²) in [7, 11) is 0. The summed E-state index contributed by atoms with van der Waals surface area (Å²) in [6, 6.07) is 6.55. The third-order valence-corrected chi connectivity index (χ3v) is 4.81. The van der Waals surface area contributed by atoms with E-state index in [1.807, 2.05) is 10.9 Å². The summed E-state index contributed by atoms with van der Waals surface area (Å²) in [5, 5.41) is 18.2. The van der Waals surface area contributed by atoms with Crippen molar-refractivity contribution in [3.63, 3.8) is 0 Å². The molecule has 0 aliphatic rings. The van der Waals surface area contributed by atoms with Crippen molar-refractivity contribution in [2.75, 3.05) is 30.3 Å². The van der Waals surface area contributed by atoms with Crippen molar-refractivity contribution < 1.29 is 4.39 Å². The number of aromatic nitrogens is 4. The summed E-state index contributed by atoms with van der Waals surface area (Å²) in [5.74, 6) is 0.547. The van der Waals surface area contributed by atoms with Crippen molar-refractivity contribution in [1.82, 2.24) is 24.6 Å². The fourth-order valence-corrected chi connectivity index (χ4v) is 2.98. The molecule has 3 aromatic rings. The fraction of sp³-hybridized carbons (Fsp3) is 0.333. The third-order valence-electron chi connectivity index (χ3n) is 4.81. The number of anilines is 3. The molecule has 0 amide bonds. The van der Waals surface area contributed by atoms with Crippen molar-refractivity contribution in [2.24, 2.45) is 0 Å². The Hall–Kier alpha value is -3.33. The lowest BCUT2D eigenvalue weighted by molar-refractivity contribution is 0.285. The Bertz CT molecular complexity index is 967. The zero-order valence-electron chi connectivity index (χ0n) is 17.3. The van der Waals surface area contributed by atoms with Gasteiger partial charge in [-0.05, 0) is 19.2 Å². The predicted molar refractivity (Wildman–Crippen MR) is 117 cm³/mol. The lowest BCUT2D eigenvalue weighted by Crippen LogP contribution is -2.27. The molecule has 0 radical (unpaired) electrons. The highest BCUT2D eigenvalue weighted by Crippen LogP contribution is 2.17. The highest BCUT2D eigenvalue weighted by Gasteiger charge is 2.09. The minimum atomic E-state index is -0.286. The van der Waals surface area contributed by atoms with Gasteiger partial charge in [0.2, 0.25) is 5.95 Å². The van der Waals surface area contributed by atoms with Gasteiger partial charge in [-0.2, -0.15) is 10.1 Å². The van der Waals surface area contributed by atoms with E-state index in [-0.39, 0.29) is 12.4 Å². The second kappa shape index (κ2) is 10.4. The monoisotopic (exact) mass is 410 g/mol. The first kappa shape index (κ1) is 21.4. The van der Waals surface area contributed by atoms with Crippen LogP contribution in [0.2, 0.25) is 0 Å². The summed E-state index contributed by atoms with van der Waals surface area (Å²) in [6.45, 7) is 8.30. The molecule has 30 heavy (non-hydrogen) atoms. The molecule has 2 heterocycles. The van der Waals surface area contributed by atoms with Crippen LogP contribution in [0.3, 0.4) is 0 Å².